The summed E-state index contributed by atoms with van der Waals surface area (Å²) in [7, 11) is 3.91. The van der Waals surface area contributed by atoms with E-state index in [0.717, 1.165) is 35.8 Å². The number of benzene rings is 2. The van der Waals surface area contributed by atoms with Crippen molar-refractivity contribution in [2.75, 3.05) is 37.9 Å². The number of carbonyl (C=O) groups is 1. The van der Waals surface area contributed by atoms with Crippen LogP contribution in [-0.2, 0) is 11.3 Å². The van der Waals surface area contributed by atoms with E-state index in [4.69, 9.17) is 4.74 Å². The number of nitrogens with one attached hydrogen (secondary N) is 2. The largest absolute Gasteiger partial charge is 0.494 e. The van der Waals surface area contributed by atoms with Gasteiger partial charge in [0.1, 0.15) is 5.75 Å². The Kier molecular flexibility index (Phi) is 7.29. The van der Waals surface area contributed by atoms with Gasteiger partial charge in [0.05, 0.1) is 6.61 Å². The van der Waals surface area contributed by atoms with E-state index in [1.807, 2.05) is 68.4 Å². The van der Waals surface area contributed by atoms with Crippen LogP contribution in [0, 0.1) is 0 Å². The molecule has 2 aromatic carbocycles. The highest BCUT2D eigenvalue weighted by molar-refractivity contribution is 5.90. The van der Waals surface area contributed by atoms with Crippen LogP contribution < -0.4 is 15.4 Å². The summed E-state index contributed by atoms with van der Waals surface area (Å²) in [6.07, 6.45) is 0.489. The van der Waals surface area contributed by atoms with Gasteiger partial charge >= 0.3 is 0 Å². The molecule has 0 saturated heterocycles. The van der Waals surface area contributed by atoms with Crippen molar-refractivity contribution in [2.45, 2.75) is 19.9 Å². The van der Waals surface area contributed by atoms with E-state index >= 15 is 0 Å². The number of nitrogens with zero attached hydrogens (tertiary/aromatic N) is 1. The van der Waals surface area contributed by atoms with Crippen molar-refractivity contribution in [3.8, 4) is 5.75 Å². The first-order valence-electron chi connectivity index (χ1n) is 8.57. The van der Waals surface area contributed by atoms with Gasteiger partial charge in [0.2, 0.25) is 5.91 Å². The summed E-state index contributed by atoms with van der Waals surface area (Å²) >= 11 is 0. The van der Waals surface area contributed by atoms with Gasteiger partial charge < -0.3 is 20.3 Å². The molecule has 2 aromatic rings. The van der Waals surface area contributed by atoms with Crippen molar-refractivity contribution in [1.82, 2.24) is 4.90 Å². The van der Waals surface area contributed by atoms with Crippen molar-refractivity contribution >= 4 is 17.3 Å². The normalized spacial score (nSPS) is 10.6. The second-order valence-corrected chi connectivity index (χ2v) is 6.11. The summed E-state index contributed by atoms with van der Waals surface area (Å²) in [4.78, 5) is 13.8. The van der Waals surface area contributed by atoms with Crippen molar-refractivity contribution in [3.05, 3.63) is 54.1 Å². The Bertz CT molecular complexity index is 669. The maximum absolute atomic E-state index is 11.8. The van der Waals surface area contributed by atoms with E-state index in [1.165, 1.54) is 0 Å². The van der Waals surface area contributed by atoms with Gasteiger partial charge in [-0.25, -0.2) is 0 Å². The average Bonchev–Trinajstić information content (AvgIpc) is 2.60. The van der Waals surface area contributed by atoms with Crippen LogP contribution >= 0.6 is 0 Å². The van der Waals surface area contributed by atoms with Gasteiger partial charge in [-0.1, -0.05) is 12.1 Å². The van der Waals surface area contributed by atoms with Crippen LogP contribution in [0.1, 0.15) is 18.9 Å². The SMILES string of the molecule is CCOc1cccc(CNc2ccc(NC(=O)CCN(C)C)cc2)c1. The molecular weight excluding hydrogens is 314 g/mol. The predicted octanol–water partition coefficient (Wildman–Crippen LogP) is 3.59. The zero-order chi connectivity index (χ0) is 18.1. The fourth-order valence-corrected chi connectivity index (χ4v) is 2.34. The fourth-order valence-electron chi connectivity index (χ4n) is 2.34. The lowest BCUT2D eigenvalue weighted by Crippen LogP contribution is -2.20. The van der Waals surface area contributed by atoms with Crippen LogP contribution in [0.3, 0.4) is 0 Å². The lowest BCUT2D eigenvalue weighted by atomic mass is 10.2. The van der Waals surface area contributed by atoms with Crippen LogP contribution in [0.25, 0.3) is 0 Å². The molecule has 0 atom stereocenters. The highest BCUT2D eigenvalue weighted by Crippen LogP contribution is 2.17. The Morgan fingerprint density at radius 3 is 2.48 bits per heavy atom. The lowest BCUT2D eigenvalue weighted by Gasteiger charge is -2.11. The molecule has 5 heteroatoms. The summed E-state index contributed by atoms with van der Waals surface area (Å²) in [5, 5.41) is 6.29. The molecule has 2 N–H and O–H groups in total. The Labute approximate surface area is 150 Å². The molecule has 0 radical (unpaired) electrons. The smallest absolute Gasteiger partial charge is 0.225 e. The molecule has 0 spiro atoms. The van der Waals surface area contributed by atoms with Crippen molar-refractivity contribution < 1.29 is 9.53 Å². The highest BCUT2D eigenvalue weighted by Gasteiger charge is 2.03. The van der Waals surface area contributed by atoms with Crippen LogP contribution in [0.2, 0.25) is 0 Å². The third-order valence-electron chi connectivity index (χ3n) is 3.66. The quantitative estimate of drug-likeness (QED) is 0.732. The van der Waals surface area contributed by atoms with Crippen LogP contribution in [-0.4, -0.2) is 38.1 Å². The third kappa shape index (κ3) is 6.85. The second-order valence-electron chi connectivity index (χ2n) is 6.11. The molecule has 134 valence electrons. The van der Waals surface area contributed by atoms with Gasteiger partial charge in [0.25, 0.3) is 0 Å². The molecule has 0 aliphatic heterocycles. The molecule has 0 saturated carbocycles. The number of rotatable bonds is 9. The van der Waals surface area contributed by atoms with Gasteiger partial charge in [-0.2, -0.15) is 0 Å². The van der Waals surface area contributed by atoms with Gasteiger partial charge in [0.15, 0.2) is 0 Å². The molecule has 25 heavy (non-hydrogen) atoms. The van der Waals surface area contributed by atoms with Crippen LogP contribution in [0.4, 0.5) is 11.4 Å². The molecule has 0 unspecified atom stereocenters. The minimum Gasteiger partial charge on any atom is -0.494 e. The zero-order valence-electron chi connectivity index (χ0n) is 15.2. The van der Waals surface area contributed by atoms with E-state index in [9.17, 15) is 4.79 Å². The first-order chi connectivity index (χ1) is 12.1. The van der Waals surface area contributed by atoms with E-state index < -0.39 is 0 Å². The molecule has 0 aromatic heterocycles. The fraction of sp³-hybridized carbons (Fsp3) is 0.350. The Morgan fingerprint density at radius 2 is 1.80 bits per heavy atom. The van der Waals surface area contributed by atoms with Crippen molar-refractivity contribution in [2.24, 2.45) is 0 Å². The molecule has 0 aliphatic carbocycles. The van der Waals surface area contributed by atoms with E-state index in [1.54, 1.807) is 0 Å². The molecule has 0 aliphatic rings. The first-order valence-corrected chi connectivity index (χ1v) is 8.57. The maximum Gasteiger partial charge on any atom is 0.225 e. The Hall–Kier alpha value is -2.53. The second kappa shape index (κ2) is 9.69. The zero-order valence-corrected chi connectivity index (χ0v) is 15.2. The molecule has 0 heterocycles. The highest BCUT2D eigenvalue weighted by atomic mass is 16.5. The van der Waals surface area contributed by atoms with Gasteiger partial charge in [-0.05, 0) is 63.0 Å². The number of carbonyl (C=O) groups excluding carboxylic acids is 1. The molecule has 1 amide bonds. The first kappa shape index (κ1) is 18.8. The van der Waals surface area contributed by atoms with Gasteiger partial charge in [-0.15, -0.1) is 0 Å². The Morgan fingerprint density at radius 1 is 1.08 bits per heavy atom. The number of hydrogen-bond donors (Lipinski definition) is 2. The van der Waals surface area contributed by atoms with Gasteiger partial charge in [-0.3, -0.25) is 4.79 Å². The summed E-state index contributed by atoms with van der Waals surface area (Å²) in [6, 6.07) is 15.8. The molecule has 2 rings (SSSR count). The summed E-state index contributed by atoms with van der Waals surface area (Å²) in [6.45, 7) is 4.10. The van der Waals surface area contributed by atoms with Crippen molar-refractivity contribution in [3.63, 3.8) is 0 Å². The van der Waals surface area contributed by atoms with Crippen molar-refractivity contribution in [1.29, 1.82) is 0 Å². The number of anilines is 2. The minimum absolute atomic E-state index is 0.0298. The van der Waals surface area contributed by atoms with E-state index in [-0.39, 0.29) is 5.91 Å². The third-order valence-corrected chi connectivity index (χ3v) is 3.66. The standard InChI is InChI=1S/C20H27N3O2/c1-4-25-19-7-5-6-16(14-19)15-21-17-8-10-18(11-9-17)22-20(24)12-13-23(2)3/h5-11,14,21H,4,12-13,15H2,1-3H3,(H,22,24). The van der Waals surface area contributed by atoms with E-state index in [2.05, 4.69) is 16.7 Å². The average molecular weight is 341 g/mol. The summed E-state index contributed by atoms with van der Waals surface area (Å²) in [5.74, 6) is 0.916. The molecule has 0 fully saturated rings. The minimum atomic E-state index is 0.0298. The Balaban J connectivity index is 1.84. The topological polar surface area (TPSA) is 53.6 Å². The van der Waals surface area contributed by atoms with Crippen LogP contribution in [0.5, 0.6) is 5.75 Å². The van der Waals surface area contributed by atoms with E-state index in [0.29, 0.717) is 13.0 Å². The molecule has 0 bridgehead atoms. The number of amides is 1. The van der Waals surface area contributed by atoms with Crippen LogP contribution in [0.15, 0.2) is 48.5 Å². The summed E-state index contributed by atoms with van der Waals surface area (Å²) < 4.78 is 5.51. The molecule has 5 nitrogen and oxygen atoms in total. The lowest BCUT2D eigenvalue weighted by molar-refractivity contribution is -0.116. The predicted molar refractivity (Wildman–Crippen MR) is 103 cm³/mol. The maximum atomic E-state index is 11.8. The monoisotopic (exact) mass is 341 g/mol. The number of hydrogen-bond acceptors (Lipinski definition) is 4. The summed E-state index contributed by atoms with van der Waals surface area (Å²) in [5.41, 5.74) is 2.98. The number of ether oxygens (including phenoxy) is 1. The van der Waals surface area contributed by atoms with Gasteiger partial charge in [0, 0.05) is 30.9 Å². The molecular formula is C20H27N3O2.